The van der Waals surface area contributed by atoms with Crippen molar-refractivity contribution < 1.29 is 18.1 Å². The van der Waals surface area contributed by atoms with Gasteiger partial charge in [0.15, 0.2) is 5.44 Å². The van der Waals surface area contributed by atoms with Crippen LogP contribution in [0.2, 0.25) is 0 Å². The summed E-state index contributed by atoms with van der Waals surface area (Å²) in [4.78, 5) is 0. The predicted octanol–water partition coefficient (Wildman–Crippen LogP) is 3.33. The van der Waals surface area contributed by atoms with E-state index in [9.17, 15) is 13.5 Å². The number of rotatable bonds is 11. The monoisotopic (exact) mass is 300 g/mol. The van der Waals surface area contributed by atoms with Crippen molar-refractivity contribution in [3.8, 4) is 0 Å². The van der Waals surface area contributed by atoms with Gasteiger partial charge in [-0.1, -0.05) is 58.3 Å². The SMILES string of the molecule is CCCCCCCCCCC(Cl)C(O)S(=O)(=O)O. The van der Waals surface area contributed by atoms with E-state index >= 15 is 0 Å². The molecule has 2 atom stereocenters. The van der Waals surface area contributed by atoms with Gasteiger partial charge in [0, 0.05) is 0 Å². The number of hydrogen-bond donors (Lipinski definition) is 2. The third-order valence-corrected chi connectivity index (χ3v) is 4.49. The molecule has 0 fully saturated rings. The highest BCUT2D eigenvalue weighted by Crippen LogP contribution is 2.17. The number of hydrogen-bond acceptors (Lipinski definition) is 3. The van der Waals surface area contributed by atoms with Crippen molar-refractivity contribution in [2.24, 2.45) is 0 Å². The molecule has 110 valence electrons. The number of unbranched alkanes of at least 4 members (excludes halogenated alkanes) is 7. The van der Waals surface area contributed by atoms with Gasteiger partial charge in [-0.05, 0) is 6.42 Å². The molecule has 0 saturated carbocycles. The van der Waals surface area contributed by atoms with E-state index in [0.717, 1.165) is 19.3 Å². The largest absolute Gasteiger partial charge is 0.374 e. The molecule has 0 saturated heterocycles. The van der Waals surface area contributed by atoms with E-state index in [0.29, 0.717) is 6.42 Å². The first-order chi connectivity index (χ1) is 8.39. The first kappa shape index (κ1) is 18.2. The molecular formula is C12H25ClO4S. The van der Waals surface area contributed by atoms with E-state index < -0.39 is 20.9 Å². The predicted molar refractivity (Wildman–Crippen MR) is 74.4 cm³/mol. The molecule has 0 amide bonds. The minimum absolute atomic E-state index is 0.400. The summed E-state index contributed by atoms with van der Waals surface area (Å²) in [5.41, 5.74) is -1.87. The molecule has 0 aliphatic heterocycles. The molecule has 0 aromatic rings. The lowest BCUT2D eigenvalue weighted by Gasteiger charge is -2.13. The van der Waals surface area contributed by atoms with Gasteiger partial charge in [-0.25, -0.2) is 0 Å². The summed E-state index contributed by atoms with van der Waals surface area (Å²) in [5.74, 6) is 0. The van der Waals surface area contributed by atoms with E-state index in [-0.39, 0.29) is 0 Å². The van der Waals surface area contributed by atoms with Gasteiger partial charge in [0.25, 0.3) is 10.1 Å². The molecule has 4 nitrogen and oxygen atoms in total. The van der Waals surface area contributed by atoms with Gasteiger partial charge >= 0.3 is 0 Å². The van der Waals surface area contributed by atoms with E-state index in [1.165, 1.54) is 32.1 Å². The third-order valence-electron chi connectivity index (χ3n) is 2.95. The molecule has 2 N–H and O–H groups in total. The van der Waals surface area contributed by atoms with Crippen LogP contribution in [0.3, 0.4) is 0 Å². The van der Waals surface area contributed by atoms with Gasteiger partial charge in [0.05, 0.1) is 5.38 Å². The second-order valence-electron chi connectivity index (χ2n) is 4.69. The number of aliphatic hydroxyl groups excluding tert-OH is 1. The van der Waals surface area contributed by atoms with Gasteiger partial charge in [-0.3, -0.25) is 4.55 Å². The highest BCUT2D eigenvalue weighted by atomic mass is 35.5. The van der Waals surface area contributed by atoms with Crippen LogP contribution in [0.15, 0.2) is 0 Å². The van der Waals surface area contributed by atoms with Crippen LogP contribution in [0.5, 0.6) is 0 Å². The Bertz CT molecular complexity index is 292. The zero-order chi connectivity index (χ0) is 14.0. The molecule has 0 aromatic heterocycles. The fourth-order valence-electron chi connectivity index (χ4n) is 1.80. The summed E-state index contributed by atoms with van der Waals surface area (Å²) in [6, 6.07) is 0. The van der Waals surface area contributed by atoms with Crippen LogP contribution in [0, 0.1) is 0 Å². The summed E-state index contributed by atoms with van der Waals surface area (Å²) in [5, 5.41) is 8.25. The number of aliphatic hydroxyl groups is 1. The molecule has 0 aliphatic carbocycles. The van der Waals surface area contributed by atoms with Crippen molar-refractivity contribution in [3.05, 3.63) is 0 Å². The summed E-state index contributed by atoms with van der Waals surface area (Å²) in [7, 11) is -4.44. The van der Waals surface area contributed by atoms with Gasteiger partial charge in [-0.15, -0.1) is 11.6 Å². The molecule has 0 heterocycles. The van der Waals surface area contributed by atoms with Crippen LogP contribution in [0.25, 0.3) is 0 Å². The lowest BCUT2D eigenvalue weighted by Crippen LogP contribution is -2.29. The maximum absolute atomic E-state index is 10.6. The lowest BCUT2D eigenvalue weighted by molar-refractivity contribution is 0.222. The van der Waals surface area contributed by atoms with Crippen molar-refractivity contribution in [2.75, 3.05) is 0 Å². The molecule has 6 heteroatoms. The van der Waals surface area contributed by atoms with Crippen LogP contribution in [0.4, 0.5) is 0 Å². The molecule has 0 radical (unpaired) electrons. The van der Waals surface area contributed by atoms with Crippen molar-refractivity contribution in [3.63, 3.8) is 0 Å². The normalized spacial score (nSPS) is 15.6. The summed E-state index contributed by atoms with van der Waals surface area (Å²) >= 11 is 5.71. The maximum atomic E-state index is 10.6. The molecular weight excluding hydrogens is 276 g/mol. The second-order valence-corrected chi connectivity index (χ2v) is 6.76. The minimum Gasteiger partial charge on any atom is -0.374 e. The van der Waals surface area contributed by atoms with Crippen LogP contribution < -0.4 is 0 Å². The zero-order valence-electron chi connectivity index (χ0n) is 11.0. The fourth-order valence-corrected chi connectivity index (χ4v) is 2.86. The van der Waals surface area contributed by atoms with E-state index in [4.69, 9.17) is 16.2 Å². The molecule has 0 aliphatic rings. The Kier molecular flexibility index (Phi) is 10.1. The van der Waals surface area contributed by atoms with Crippen molar-refractivity contribution >= 4 is 21.7 Å². The molecule has 0 rings (SSSR count). The lowest BCUT2D eigenvalue weighted by atomic mass is 10.1. The molecule has 0 spiro atoms. The highest BCUT2D eigenvalue weighted by Gasteiger charge is 2.27. The van der Waals surface area contributed by atoms with Crippen molar-refractivity contribution in [1.29, 1.82) is 0 Å². The van der Waals surface area contributed by atoms with E-state index in [1.807, 2.05) is 0 Å². The summed E-state index contributed by atoms with van der Waals surface area (Å²) in [6.07, 6.45) is 9.48. The van der Waals surface area contributed by atoms with Crippen LogP contribution >= 0.6 is 11.6 Å². The maximum Gasteiger partial charge on any atom is 0.293 e. The topological polar surface area (TPSA) is 74.6 Å². The van der Waals surface area contributed by atoms with Crippen molar-refractivity contribution in [2.45, 2.75) is 75.5 Å². The zero-order valence-corrected chi connectivity index (χ0v) is 12.6. The highest BCUT2D eigenvalue weighted by molar-refractivity contribution is 7.86. The Balaban J connectivity index is 3.49. The van der Waals surface area contributed by atoms with Gasteiger partial charge < -0.3 is 5.11 Å². The quantitative estimate of drug-likeness (QED) is 0.349. The first-order valence-corrected chi connectivity index (χ1v) is 8.62. The van der Waals surface area contributed by atoms with Crippen LogP contribution in [-0.4, -0.2) is 28.9 Å². The smallest absolute Gasteiger partial charge is 0.293 e. The Morgan fingerprint density at radius 3 is 1.89 bits per heavy atom. The van der Waals surface area contributed by atoms with Gasteiger partial charge in [0.2, 0.25) is 0 Å². The fraction of sp³-hybridized carbons (Fsp3) is 1.00. The van der Waals surface area contributed by atoms with Gasteiger partial charge in [0.1, 0.15) is 0 Å². The number of alkyl halides is 1. The average Bonchev–Trinajstić information content (AvgIpc) is 2.30. The Hall–Kier alpha value is 0.160. The summed E-state index contributed by atoms with van der Waals surface area (Å²) < 4.78 is 29.9. The second kappa shape index (κ2) is 10.0. The third kappa shape index (κ3) is 9.14. The van der Waals surface area contributed by atoms with Gasteiger partial charge in [-0.2, -0.15) is 8.42 Å². The molecule has 0 bridgehead atoms. The van der Waals surface area contributed by atoms with Crippen molar-refractivity contribution in [1.82, 2.24) is 0 Å². The van der Waals surface area contributed by atoms with Crippen LogP contribution in [-0.2, 0) is 10.1 Å². The van der Waals surface area contributed by atoms with Crippen LogP contribution in [0.1, 0.15) is 64.7 Å². The first-order valence-electron chi connectivity index (χ1n) is 6.68. The Labute approximate surface area is 115 Å². The molecule has 2 unspecified atom stereocenters. The Morgan fingerprint density at radius 2 is 1.44 bits per heavy atom. The standard InChI is InChI=1S/C12H25ClO4S/c1-2-3-4-5-6-7-8-9-10-11(13)12(14)18(15,16)17/h11-12,14H,2-10H2,1H3,(H,15,16,17). The molecule has 18 heavy (non-hydrogen) atoms. The van der Waals surface area contributed by atoms with E-state index in [2.05, 4.69) is 6.92 Å². The minimum atomic E-state index is -4.44. The average molecular weight is 301 g/mol. The molecule has 0 aromatic carbocycles. The summed E-state index contributed by atoms with van der Waals surface area (Å²) in [6.45, 7) is 2.18. The Morgan fingerprint density at radius 1 is 1.00 bits per heavy atom. The number of halogens is 1. The van der Waals surface area contributed by atoms with E-state index in [1.54, 1.807) is 0 Å².